The van der Waals surface area contributed by atoms with Gasteiger partial charge in [-0.15, -0.1) is 0 Å². The molecule has 0 radical (unpaired) electrons. The van der Waals surface area contributed by atoms with Gasteiger partial charge in [-0.25, -0.2) is 0 Å². The minimum absolute atomic E-state index is 0.217. The van der Waals surface area contributed by atoms with Crippen LogP contribution in [0.4, 0.5) is 0 Å². The fourth-order valence-electron chi connectivity index (χ4n) is 2.88. The van der Waals surface area contributed by atoms with Crippen molar-refractivity contribution >= 4 is 15.2 Å². The number of carbonyl (C=O) groups excluding carboxylic acids is 1. The van der Waals surface area contributed by atoms with Crippen molar-refractivity contribution in [3.8, 4) is 0 Å². The van der Waals surface area contributed by atoms with Crippen LogP contribution >= 0.6 is 9.47 Å². The van der Waals surface area contributed by atoms with Crippen LogP contribution in [0.25, 0.3) is 0 Å². The first-order valence-corrected chi connectivity index (χ1v) is 10.6. The minimum Gasteiger partial charge on any atom is -0.549 e. The molecule has 0 bridgehead atoms. The Balaban J connectivity index is 3.53. The zero-order valence-corrected chi connectivity index (χ0v) is 18.2. The SMILES string of the molecule is CCCCCC/C=C\CCCCCCCC(=O)C(C[N+](C)(C)C)O[PH-]. The summed E-state index contributed by atoms with van der Waals surface area (Å²) in [6.07, 6.45) is 18.7. The number of carbonyl (C=O) groups is 1. The van der Waals surface area contributed by atoms with Gasteiger partial charge in [-0.2, -0.15) is 0 Å². The Morgan fingerprint density at radius 1 is 0.920 bits per heavy atom. The van der Waals surface area contributed by atoms with E-state index in [0.717, 1.165) is 17.3 Å². The van der Waals surface area contributed by atoms with E-state index in [4.69, 9.17) is 4.52 Å². The molecule has 0 aromatic carbocycles. The van der Waals surface area contributed by atoms with Crippen molar-refractivity contribution in [1.29, 1.82) is 0 Å². The summed E-state index contributed by atoms with van der Waals surface area (Å²) in [5.74, 6) is 0.217. The number of unbranched alkanes of at least 4 members (excludes halogenated alkanes) is 9. The highest BCUT2D eigenvalue weighted by molar-refractivity contribution is 7.09. The van der Waals surface area contributed by atoms with Crippen molar-refractivity contribution < 1.29 is 13.8 Å². The molecule has 1 atom stereocenters. The molecule has 0 amide bonds. The summed E-state index contributed by atoms with van der Waals surface area (Å²) < 4.78 is 5.91. The van der Waals surface area contributed by atoms with E-state index >= 15 is 0 Å². The number of hydrogen-bond donors (Lipinski definition) is 0. The van der Waals surface area contributed by atoms with Crippen molar-refractivity contribution in [3.63, 3.8) is 0 Å². The van der Waals surface area contributed by atoms with E-state index in [1.165, 1.54) is 57.8 Å². The first-order chi connectivity index (χ1) is 11.9. The molecule has 0 aliphatic carbocycles. The number of ketones is 1. The first kappa shape index (κ1) is 24.8. The number of likely N-dealkylation sites (N-methyl/N-ethyl adjacent to an activating group) is 1. The van der Waals surface area contributed by atoms with Gasteiger partial charge in [0, 0.05) is 6.42 Å². The molecule has 0 aromatic rings. The number of hydrogen-bond acceptors (Lipinski definition) is 2. The van der Waals surface area contributed by atoms with Crippen molar-refractivity contribution in [2.24, 2.45) is 0 Å². The maximum atomic E-state index is 12.2. The van der Waals surface area contributed by atoms with Gasteiger partial charge in [0.15, 0.2) is 5.78 Å². The maximum absolute atomic E-state index is 12.2. The van der Waals surface area contributed by atoms with Gasteiger partial charge in [-0.1, -0.05) is 57.6 Å². The number of rotatable bonds is 17. The van der Waals surface area contributed by atoms with Gasteiger partial charge in [0.25, 0.3) is 0 Å². The number of Topliss-reactive ketones (excluding diaryl/α,β-unsaturated/α-hetero) is 1. The van der Waals surface area contributed by atoms with Crippen LogP contribution < -0.4 is 0 Å². The Kier molecular flexibility index (Phi) is 15.8. The second kappa shape index (κ2) is 16.0. The van der Waals surface area contributed by atoms with Crippen molar-refractivity contribution in [2.45, 2.75) is 90.1 Å². The van der Waals surface area contributed by atoms with Crippen LogP contribution in [0, 0.1) is 0 Å². The number of allylic oxidation sites excluding steroid dienone is 2. The fourth-order valence-corrected chi connectivity index (χ4v) is 3.09. The highest BCUT2D eigenvalue weighted by Crippen LogP contribution is 2.12. The number of nitrogens with zero attached hydrogens (tertiary/aromatic N) is 1. The zero-order valence-electron chi connectivity index (χ0n) is 17.2. The topological polar surface area (TPSA) is 26.3 Å². The van der Waals surface area contributed by atoms with E-state index in [9.17, 15) is 4.79 Å². The van der Waals surface area contributed by atoms with Crippen LogP contribution in [0.5, 0.6) is 0 Å². The monoisotopic (exact) mass is 371 g/mol. The highest BCUT2D eigenvalue weighted by Gasteiger charge is 2.21. The third-order valence-corrected chi connectivity index (χ3v) is 4.68. The zero-order chi connectivity index (χ0) is 19.0. The lowest BCUT2D eigenvalue weighted by molar-refractivity contribution is -0.872. The van der Waals surface area contributed by atoms with Gasteiger partial charge in [-0.05, 0) is 32.1 Å². The smallest absolute Gasteiger partial charge is 0.164 e. The highest BCUT2D eigenvalue weighted by atomic mass is 31.0. The lowest BCUT2D eigenvalue weighted by atomic mass is 10.0. The molecule has 0 fully saturated rings. The summed E-state index contributed by atoms with van der Waals surface area (Å²) in [4.78, 5) is 12.2. The third kappa shape index (κ3) is 17.0. The predicted octanol–water partition coefficient (Wildman–Crippen LogP) is 5.96. The van der Waals surface area contributed by atoms with Gasteiger partial charge in [0.05, 0.1) is 21.1 Å². The Hall–Kier alpha value is -0.240. The van der Waals surface area contributed by atoms with E-state index in [-0.39, 0.29) is 11.9 Å². The molecule has 25 heavy (non-hydrogen) atoms. The molecular weight excluding hydrogens is 329 g/mol. The van der Waals surface area contributed by atoms with Crippen LogP contribution in [0.15, 0.2) is 12.2 Å². The van der Waals surface area contributed by atoms with Crippen molar-refractivity contribution in [2.75, 3.05) is 27.7 Å². The molecule has 0 aliphatic heterocycles. The van der Waals surface area contributed by atoms with Crippen LogP contribution in [0.3, 0.4) is 0 Å². The molecule has 0 saturated heterocycles. The summed E-state index contributed by atoms with van der Waals surface area (Å²) in [6.45, 7) is 2.96. The molecule has 3 nitrogen and oxygen atoms in total. The minimum atomic E-state index is -0.334. The molecule has 4 heteroatoms. The molecule has 0 aromatic heterocycles. The number of quaternary nitrogens is 1. The first-order valence-electron chi connectivity index (χ1n) is 10.2. The van der Waals surface area contributed by atoms with Crippen molar-refractivity contribution in [3.05, 3.63) is 12.2 Å². The van der Waals surface area contributed by atoms with Gasteiger partial charge in [0.2, 0.25) is 0 Å². The molecule has 0 heterocycles. The second-order valence-electron chi connectivity index (χ2n) is 8.17. The third-order valence-electron chi connectivity index (χ3n) is 4.40. The average Bonchev–Trinajstić information content (AvgIpc) is 2.55. The van der Waals surface area contributed by atoms with E-state index in [1.807, 2.05) is 0 Å². The predicted molar refractivity (Wildman–Crippen MR) is 111 cm³/mol. The van der Waals surface area contributed by atoms with Crippen LogP contribution in [0.2, 0.25) is 0 Å². The standard InChI is InChI=1S/C21H42NO2P/c1-5-6-7-8-9-10-11-12-13-14-15-16-17-18-20(23)21(24-25)19-22(2,3)4/h10-11,21,25H,5-9,12-19H2,1-4H3/b11-10-. The lowest BCUT2D eigenvalue weighted by Gasteiger charge is -2.30. The molecule has 0 saturated carbocycles. The Morgan fingerprint density at radius 2 is 1.44 bits per heavy atom. The molecule has 148 valence electrons. The molecular formula is C21H42NO2P. The summed E-state index contributed by atoms with van der Waals surface area (Å²) in [5, 5.41) is 0. The van der Waals surface area contributed by atoms with Gasteiger partial charge >= 0.3 is 0 Å². The Morgan fingerprint density at radius 3 is 1.96 bits per heavy atom. The molecule has 0 N–H and O–H groups in total. The summed E-state index contributed by atoms with van der Waals surface area (Å²) in [5.41, 5.74) is 0. The summed E-state index contributed by atoms with van der Waals surface area (Å²) in [7, 11) is 9.29. The van der Waals surface area contributed by atoms with E-state index in [2.05, 4.69) is 49.7 Å². The fraction of sp³-hybridized carbons (Fsp3) is 0.857. The Bertz CT molecular complexity index is 350. The van der Waals surface area contributed by atoms with E-state index in [1.54, 1.807) is 0 Å². The van der Waals surface area contributed by atoms with E-state index in [0.29, 0.717) is 13.0 Å². The van der Waals surface area contributed by atoms with Gasteiger partial charge < -0.3 is 18.5 Å². The molecule has 1 unspecified atom stereocenters. The molecule has 0 spiro atoms. The van der Waals surface area contributed by atoms with Crippen molar-refractivity contribution in [1.82, 2.24) is 0 Å². The largest absolute Gasteiger partial charge is 0.549 e. The normalized spacial score (nSPS) is 13.5. The second-order valence-corrected chi connectivity index (χ2v) is 8.41. The average molecular weight is 372 g/mol. The summed E-state index contributed by atoms with van der Waals surface area (Å²) >= 11 is 0. The molecule has 0 aliphatic rings. The van der Waals surface area contributed by atoms with Crippen LogP contribution in [-0.4, -0.2) is 44.1 Å². The quantitative estimate of drug-likeness (QED) is 0.136. The lowest BCUT2D eigenvalue weighted by Crippen LogP contribution is -2.44. The Labute approximate surface area is 159 Å². The van der Waals surface area contributed by atoms with Gasteiger partial charge in [-0.3, -0.25) is 4.79 Å². The van der Waals surface area contributed by atoms with E-state index < -0.39 is 0 Å². The summed E-state index contributed by atoms with van der Waals surface area (Å²) in [6, 6.07) is 0. The molecule has 0 rings (SSSR count). The maximum Gasteiger partial charge on any atom is 0.164 e. The van der Waals surface area contributed by atoms with Crippen LogP contribution in [0.1, 0.15) is 84.0 Å². The van der Waals surface area contributed by atoms with Crippen LogP contribution in [-0.2, 0) is 9.32 Å². The van der Waals surface area contributed by atoms with Gasteiger partial charge in [0.1, 0.15) is 12.6 Å².